The molecule has 1 aromatic heterocycles. The average molecular weight is 271 g/mol. The van der Waals surface area contributed by atoms with Gasteiger partial charge in [0, 0.05) is 30.8 Å². The molecule has 0 bridgehead atoms. The highest BCUT2D eigenvalue weighted by molar-refractivity contribution is 5.44. The SMILES string of the molecule is COc1cccc2c1CCNC2Cc1cc(C)nn1C. The minimum atomic E-state index is 0.337. The number of nitrogens with zero attached hydrogens (tertiary/aromatic N) is 2. The molecule has 4 nitrogen and oxygen atoms in total. The lowest BCUT2D eigenvalue weighted by molar-refractivity contribution is 0.399. The Kier molecular flexibility index (Phi) is 3.49. The van der Waals surface area contributed by atoms with E-state index in [2.05, 4.69) is 34.7 Å². The van der Waals surface area contributed by atoms with E-state index >= 15 is 0 Å². The monoisotopic (exact) mass is 271 g/mol. The van der Waals surface area contributed by atoms with Crippen molar-refractivity contribution in [2.24, 2.45) is 7.05 Å². The smallest absolute Gasteiger partial charge is 0.122 e. The van der Waals surface area contributed by atoms with Crippen molar-refractivity contribution in [3.63, 3.8) is 0 Å². The van der Waals surface area contributed by atoms with Crippen LogP contribution in [0.15, 0.2) is 24.3 Å². The van der Waals surface area contributed by atoms with Gasteiger partial charge in [-0.2, -0.15) is 5.10 Å². The van der Waals surface area contributed by atoms with E-state index in [9.17, 15) is 0 Å². The van der Waals surface area contributed by atoms with Crippen molar-refractivity contribution in [3.05, 3.63) is 46.8 Å². The van der Waals surface area contributed by atoms with E-state index in [1.807, 2.05) is 18.7 Å². The molecule has 0 amide bonds. The molecule has 0 saturated carbocycles. The van der Waals surface area contributed by atoms with Crippen LogP contribution in [-0.4, -0.2) is 23.4 Å². The number of nitrogens with one attached hydrogen (secondary N) is 1. The van der Waals surface area contributed by atoms with Crippen molar-refractivity contribution in [1.29, 1.82) is 0 Å². The molecule has 20 heavy (non-hydrogen) atoms. The molecule has 1 aromatic carbocycles. The molecule has 106 valence electrons. The number of hydrogen-bond acceptors (Lipinski definition) is 3. The number of benzene rings is 1. The first-order valence-electron chi connectivity index (χ1n) is 7.07. The van der Waals surface area contributed by atoms with Crippen LogP contribution >= 0.6 is 0 Å². The number of aromatic nitrogens is 2. The van der Waals surface area contributed by atoms with Gasteiger partial charge in [-0.1, -0.05) is 12.1 Å². The van der Waals surface area contributed by atoms with Crippen LogP contribution in [0, 0.1) is 6.92 Å². The van der Waals surface area contributed by atoms with E-state index in [-0.39, 0.29) is 0 Å². The summed E-state index contributed by atoms with van der Waals surface area (Å²) in [4.78, 5) is 0. The van der Waals surface area contributed by atoms with Crippen molar-refractivity contribution >= 4 is 0 Å². The molecule has 3 rings (SSSR count). The van der Waals surface area contributed by atoms with Gasteiger partial charge in [-0.15, -0.1) is 0 Å². The summed E-state index contributed by atoms with van der Waals surface area (Å²) < 4.78 is 7.47. The van der Waals surface area contributed by atoms with Crippen molar-refractivity contribution in [2.75, 3.05) is 13.7 Å². The van der Waals surface area contributed by atoms with Gasteiger partial charge in [0.15, 0.2) is 0 Å². The van der Waals surface area contributed by atoms with Crippen molar-refractivity contribution in [3.8, 4) is 5.75 Å². The molecule has 0 saturated heterocycles. The third kappa shape index (κ3) is 2.31. The van der Waals surface area contributed by atoms with E-state index < -0.39 is 0 Å². The zero-order chi connectivity index (χ0) is 14.1. The minimum Gasteiger partial charge on any atom is -0.496 e. The van der Waals surface area contributed by atoms with E-state index in [1.54, 1.807) is 7.11 Å². The maximum absolute atomic E-state index is 5.49. The van der Waals surface area contributed by atoms with Gasteiger partial charge < -0.3 is 10.1 Å². The fraction of sp³-hybridized carbons (Fsp3) is 0.438. The molecule has 4 heteroatoms. The highest BCUT2D eigenvalue weighted by Gasteiger charge is 2.23. The first kappa shape index (κ1) is 13.2. The second kappa shape index (κ2) is 5.29. The predicted molar refractivity (Wildman–Crippen MR) is 79.1 cm³/mol. The van der Waals surface area contributed by atoms with Crippen LogP contribution in [0.3, 0.4) is 0 Å². The van der Waals surface area contributed by atoms with Crippen LogP contribution in [0.1, 0.15) is 28.6 Å². The maximum atomic E-state index is 5.49. The van der Waals surface area contributed by atoms with E-state index in [0.29, 0.717) is 6.04 Å². The quantitative estimate of drug-likeness (QED) is 0.930. The summed E-state index contributed by atoms with van der Waals surface area (Å²) in [6, 6.07) is 8.83. The largest absolute Gasteiger partial charge is 0.496 e. The minimum absolute atomic E-state index is 0.337. The third-order valence-electron chi connectivity index (χ3n) is 4.04. The van der Waals surface area contributed by atoms with Crippen LogP contribution in [0.25, 0.3) is 0 Å². The highest BCUT2D eigenvalue weighted by Crippen LogP contribution is 2.32. The zero-order valence-corrected chi connectivity index (χ0v) is 12.3. The molecule has 0 radical (unpaired) electrons. The van der Waals surface area contributed by atoms with Crippen molar-refractivity contribution < 1.29 is 4.74 Å². The number of ether oxygens (including phenoxy) is 1. The predicted octanol–water partition coefficient (Wildman–Crippen LogP) is 2.17. The fourth-order valence-electron chi connectivity index (χ4n) is 3.10. The Hall–Kier alpha value is -1.81. The number of methoxy groups -OCH3 is 1. The summed E-state index contributed by atoms with van der Waals surface area (Å²) in [6.07, 6.45) is 1.98. The summed E-state index contributed by atoms with van der Waals surface area (Å²) in [7, 11) is 3.76. The van der Waals surface area contributed by atoms with Gasteiger partial charge in [0.2, 0.25) is 0 Å². The van der Waals surface area contributed by atoms with Crippen molar-refractivity contribution in [2.45, 2.75) is 25.8 Å². The first-order valence-corrected chi connectivity index (χ1v) is 7.07. The lowest BCUT2D eigenvalue weighted by atomic mass is 9.91. The second-order valence-electron chi connectivity index (χ2n) is 5.39. The highest BCUT2D eigenvalue weighted by atomic mass is 16.5. The third-order valence-corrected chi connectivity index (χ3v) is 4.04. The van der Waals surface area contributed by atoms with Gasteiger partial charge >= 0.3 is 0 Å². The zero-order valence-electron chi connectivity index (χ0n) is 12.3. The second-order valence-corrected chi connectivity index (χ2v) is 5.39. The van der Waals surface area contributed by atoms with Crippen LogP contribution in [0.2, 0.25) is 0 Å². The molecule has 1 aliphatic heterocycles. The molecular weight excluding hydrogens is 250 g/mol. The average Bonchev–Trinajstić information content (AvgIpc) is 2.76. The maximum Gasteiger partial charge on any atom is 0.122 e. The van der Waals surface area contributed by atoms with E-state index in [0.717, 1.165) is 30.8 Å². The Labute approximate surface area is 119 Å². The van der Waals surface area contributed by atoms with Gasteiger partial charge in [0.1, 0.15) is 5.75 Å². The molecule has 0 aliphatic carbocycles. The molecule has 1 N–H and O–H groups in total. The Morgan fingerprint density at radius 2 is 2.30 bits per heavy atom. The number of hydrogen-bond donors (Lipinski definition) is 1. The van der Waals surface area contributed by atoms with E-state index in [1.165, 1.54) is 16.8 Å². The topological polar surface area (TPSA) is 39.1 Å². The summed E-state index contributed by atoms with van der Waals surface area (Å²) in [5, 5.41) is 8.05. The van der Waals surface area contributed by atoms with Crippen LogP contribution in [0.4, 0.5) is 0 Å². The van der Waals surface area contributed by atoms with Gasteiger partial charge in [-0.25, -0.2) is 0 Å². The normalized spacial score (nSPS) is 17.9. The van der Waals surface area contributed by atoms with Gasteiger partial charge in [0.25, 0.3) is 0 Å². The molecular formula is C16H21N3O. The standard InChI is InChI=1S/C16H21N3O/c1-11-9-12(19(2)18-11)10-15-13-5-4-6-16(20-3)14(13)7-8-17-15/h4-6,9,15,17H,7-8,10H2,1-3H3. The van der Waals surface area contributed by atoms with Crippen LogP contribution in [0.5, 0.6) is 5.75 Å². The van der Waals surface area contributed by atoms with Gasteiger partial charge in [-0.05, 0) is 37.6 Å². The summed E-state index contributed by atoms with van der Waals surface area (Å²) in [5.74, 6) is 1.01. The van der Waals surface area contributed by atoms with Gasteiger partial charge in [-0.3, -0.25) is 4.68 Å². The summed E-state index contributed by atoms with van der Waals surface area (Å²) in [5.41, 5.74) is 5.03. The lowest BCUT2D eigenvalue weighted by Gasteiger charge is -2.28. The molecule has 0 spiro atoms. The molecule has 1 unspecified atom stereocenters. The number of aryl methyl sites for hydroxylation is 2. The van der Waals surface area contributed by atoms with Crippen LogP contribution in [-0.2, 0) is 19.9 Å². The van der Waals surface area contributed by atoms with Gasteiger partial charge in [0.05, 0.1) is 12.8 Å². The Morgan fingerprint density at radius 1 is 1.45 bits per heavy atom. The molecule has 0 fully saturated rings. The lowest BCUT2D eigenvalue weighted by Crippen LogP contribution is -2.31. The molecule has 1 aliphatic rings. The molecule has 2 heterocycles. The first-order chi connectivity index (χ1) is 9.69. The number of rotatable bonds is 3. The number of fused-ring (bicyclic) bond motifs is 1. The van der Waals surface area contributed by atoms with E-state index in [4.69, 9.17) is 4.74 Å². The van der Waals surface area contributed by atoms with Crippen molar-refractivity contribution in [1.82, 2.24) is 15.1 Å². The molecule has 2 aromatic rings. The van der Waals surface area contributed by atoms with Crippen LogP contribution < -0.4 is 10.1 Å². The summed E-state index contributed by atoms with van der Waals surface area (Å²) >= 11 is 0. The Morgan fingerprint density at radius 3 is 3.00 bits per heavy atom. The Bertz CT molecular complexity index is 618. The summed E-state index contributed by atoms with van der Waals surface area (Å²) in [6.45, 7) is 3.03. The fourth-order valence-corrected chi connectivity index (χ4v) is 3.10. The Balaban J connectivity index is 1.92. The molecule has 1 atom stereocenters.